The van der Waals surface area contributed by atoms with Gasteiger partial charge < -0.3 is 15.9 Å². The molecule has 0 aromatic heterocycles. The van der Waals surface area contributed by atoms with Gasteiger partial charge in [0.25, 0.3) is 0 Å². The Morgan fingerprint density at radius 1 is 1.54 bits per heavy atom. The van der Waals surface area contributed by atoms with E-state index in [0.29, 0.717) is 5.56 Å². The zero-order valence-corrected chi connectivity index (χ0v) is 7.29. The number of phenolic OH excluding ortho intramolecular Hbond substituents is 1. The van der Waals surface area contributed by atoms with E-state index in [1.54, 1.807) is 6.92 Å². The first-order valence-corrected chi connectivity index (χ1v) is 3.91. The van der Waals surface area contributed by atoms with Gasteiger partial charge in [-0.1, -0.05) is 6.07 Å². The van der Waals surface area contributed by atoms with Crippen LogP contribution in [0.15, 0.2) is 12.1 Å². The van der Waals surface area contributed by atoms with Crippen LogP contribution in [-0.4, -0.2) is 16.8 Å². The van der Waals surface area contributed by atoms with Gasteiger partial charge in [0.1, 0.15) is 0 Å². The highest BCUT2D eigenvalue weighted by Crippen LogP contribution is 2.24. The van der Waals surface area contributed by atoms with Crippen LogP contribution >= 0.6 is 0 Å². The number of rotatable bonds is 2. The van der Waals surface area contributed by atoms with Crippen LogP contribution in [0.1, 0.15) is 17.2 Å². The number of halogens is 1. The molecule has 0 saturated carbocycles. The van der Waals surface area contributed by atoms with Crippen LogP contribution in [0.25, 0.3) is 0 Å². The maximum Gasteiger partial charge on any atom is 0.169 e. The third kappa shape index (κ3) is 1.96. The van der Waals surface area contributed by atoms with Crippen molar-refractivity contribution in [2.24, 2.45) is 5.73 Å². The summed E-state index contributed by atoms with van der Waals surface area (Å²) in [6.07, 6.45) is 0. The molecule has 0 aliphatic rings. The van der Waals surface area contributed by atoms with Gasteiger partial charge in [0.05, 0.1) is 12.6 Å². The van der Waals surface area contributed by atoms with Gasteiger partial charge in [0.2, 0.25) is 0 Å². The molecule has 0 heterocycles. The first-order chi connectivity index (χ1) is 6.06. The lowest BCUT2D eigenvalue weighted by molar-refractivity contribution is 0.264. The smallest absolute Gasteiger partial charge is 0.169 e. The molecule has 4 heteroatoms. The molecule has 0 radical (unpaired) electrons. The van der Waals surface area contributed by atoms with Crippen LogP contribution in [0.3, 0.4) is 0 Å². The van der Waals surface area contributed by atoms with Crippen LogP contribution in [0, 0.1) is 12.7 Å². The molecule has 13 heavy (non-hydrogen) atoms. The fraction of sp³-hybridized carbons (Fsp3) is 0.333. The Balaban J connectivity index is 3.20. The Bertz CT molecular complexity index is 315. The quantitative estimate of drug-likeness (QED) is 0.639. The third-order valence-electron chi connectivity index (χ3n) is 1.82. The van der Waals surface area contributed by atoms with Crippen molar-refractivity contribution in [3.63, 3.8) is 0 Å². The van der Waals surface area contributed by atoms with Crippen LogP contribution in [0.5, 0.6) is 5.75 Å². The molecule has 0 aliphatic heterocycles. The summed E-state index contributed by atoms with van der Waals surface area (Å²) in [5.74, 6) is -1.19. The molecule has 0 amide bonds. The van der Waals surface area contributed by atoms with Crippen LogP contribution in [-0.2, 0) is 0 Å². The molecule has 1 aromatic carbocycles. The summed E-state index contributed by atoms with van der Waals surface area (Å²) in [5, 5.41) is 17.8. The molecule has 72 valence electrons. The van der Waals surface area contributed by atoms with E-state index in [1.807, 2.05) is 0 Å². The number of hydrogen-bond acceptors (Lipinski definition) is 3. The van der Waals surface area contributed by atoms with Crippen molar-refractivity contribution in [3.05, 3.63) is 29.1 Å². The average molecular weight is 185 g/mol. The Morgan fingerprint density at radius 3 is 2.69 bits per heavy atom. The van der Waals surface area contributed by atoms with Crippen LogP contribution in [0.4, 0.5) is 4.39 Å². The summed E-state index contributed by atoms with van der Waals surface area (Å²) in [6.45, 7) is 1.37. The lowest BCUT2D eigenvalue weighted by Gasteiger charge is -2.11. The van der Waals surface area contributed by atoms with Gasteiger partial charge in [-0.25, -0.2) is 4.39 Å². The van der Waals surface area contributed by atoms with Gasteiger partial charge in [0, 0.05) is 5.56 Å². The van der Waals surface area contributed by atoms with E-state index in [-0.39, 0.29) is 12.2 Å². The van der Waals surface area contributed by atoms with Crippen molar-refractivity contribution in [2.45, 2.75) is 13.0 Å². The van der Waals surface area contributed by atoms with Gasteiger partial charge in [-0.2, -0.15) is 0 Å². The summed E-state index contributed by atoms with van der Waals surface area (Å²) in [7, 11) is 0. The van der Waals surface area contributed by atoms with Gasteiger partial charge in [-0.15, -0.1) is 0 Å². The van der Waals surface area contributed by atoms with Gasteiger partial charge in [-0.05, 0) is 18.6 Å². The van der Waals surface area contributed by atoms with E-state index in [9.17, 15) is 4.39 Å². The minimum atomic E-state index is -0.786. The molecule has 1 unspecified atom stereocenters. The Hall–Kier alpha value is -1.13. The third-order valence-corrected chi connectivity index (χ3v) is 1.82. The van der Waals surface area contributed by atoms with Crippen LogP contribution < -0.4 is 5.73 Å². The number of hydrogen-bond donors (Lipinski definition) is 3. The summed E-state index contributed by atoms with van der Waals surface area (Å²) in [5.41, 5.74) is 6.28. The summed E-state index contributed by atoms with van der Waals surface area (Å²) < 4.78 is 13.2. The SMILES string of the molecule is Cc1cc(O)c(F)c(C(N)CO)c1. The Labute approximate surface area is 75.6 Å². The van der Waals surface area contributed by atoms with Crippen molar-refractivity contribution in [1.29, 1.82) is 0 Å². The topological polar surface area (TPSA) is 66.5 Å². The first kappa shape index (κ1) is 9.95. The normalized spacial score (nSPS) is 12.9. The van der Waals surface area contributed by atoms with E-state index in [4.69, 9.17) is 15.9 Å². The molecule has 0 fully saturated rings. The Kier molecular flexibility index (Phi) is 2.85. The molecule has 0 spiro atoms. The second-order valence-electron chi connectivity index (χ2n) is 2.98. The number of aryl methyl sites for hydroxylation is 1. The van der Waals surface area contributed by atoms with Crippen molar-refractivity contribution < 1.29 is 14.6 Å². The lowest BCUT2D eigenvalue weighted by Crippen LogP contribution is -2.16. The van der Waals surface area contributed by atoms with Crippen molar-refractivity contribution in [1.82, 2.24) is 0 Å². The zero-order valence-electron chi connectivity index (χ0n) is 7.29. The zero-order chi connectivity index (χ0) is 10.0. The predicted octanol–water partition coefficient (Wildman–Crippen LogP) is 0.832. The highest BCUT2D eigenvalue weighted by molar-refractivity contribution is 5.36. The molecule has 3 nitrogen and oxygen atoms in total. The van der Waals surface area contributed by atoms with Crippen molar-refractivity contribution in [2.75, 3.05) is 6.61 Å². The second-order valence-corrected chi connectivity index (χ2v) is 2.98. The Morgan fingerprint density at radius 2 is 2.15 bits per heavy atom. The molecule has 1 aromatic rings. The summed E-state index contributed by atoms with van der Waals surface area (Å²) >= 11 is 0. The van der Waals surface area contributed by atoms with Crippen LogP contribution in [0.2, 0.25) is 0 Å². The van der Waals surface area contributed by atoms with E-state index in [2.05, 4.69) is 0 Å². The molecule has 0 aliphatic carbocycles. The molecule has 1 rings (SSSR count). The highest BCUT2D eigenvalue weighted by atomic mass is 19.1. The van der Waals surface area contributed by atoms with E-state index in [1.165, 1.54) is 12.1 Å². The number of benzene rings is 1. The second kappa shape index (κ2) is 3.72. The number of aliphatic hydroxyl groups is 1. The maximum atomic E-state index is 13.2. The van der Waals surface area contributed by atoms with Gasteiger partial charge in [-0.3, -0.25) is 0 Å². The predicted molar refractivity (Wildman–Crippen MR) is 46.8 cm³/mol. The number of aliphatic hydroxyl groups excluding tert-OH is 1. The highest BCUT2D eigenvalue weighted by Gasteiger charge is 2.14. The number of aromatic hydroxyl groups is 1. The fourth-order valence-corrected chi connectivity index (χ4v) is 1.15. The first-order valence-electron chi connectivity index (χ1n) is 3.91. The van der Waals surface area contributed by atoms with Crippen molar-refractivity contribution in [3.8, 4) is 5.75 Å². The fourth-order valence-electron chi connectivity index (χ4n) is 1.15. The average Bonchev–Trinajstić information content (AvgIpc) is 2.10. The monoisotopic (exact) mass is 185 g/mol. The van der Waals surface area contributed by atoms with Crippen molar-refractivity contribution >= 4 is 0 Å². The summed E-state index contributed by atoms with van der Waals surface area (Å²) in [6, 6.07) is 2.03. The van der Waals surface area contributed by atoms with E-state index >= 15 is 0 Å². The summed E-state index contributed by atoms with van der Waals surface area (Å²) in [4.78, 5) is 0. The molecule has 4 N–H and O–H groups in total. The van der Waals surface area contributed by atoms with E-state index in [0.717, 1.165) is 0 Å². The van der Waals surface area contributed by atoms with Gasteiger partial charge >= 0.3 is 0 Å². The minimum Gasteiger partial charge on any atom is -0.505 e. The maximum absolute atomic E-state index is 13.2. The number of nitrogens with two attached hydrogens (primary N) is 1. The largest absolute Gasteiger partial charge is 0.505 e. The van der Waals surface area contributed by atoms with Gasteiger partial charge in [0.15, 0.2) is 11.6 Å². The molecular formula is C9H12FNO2. The van der Waals surface area contributed by atoms with E-state index < -0.39 is 17.6 Å². The molecule has 1 atom stereocenters. The standard InChI is InChI=1S/C9H12FNO2/c1-5-2-6(7(11)4-12)9(10)8(13)3-5/h2-3,7,12-13H,4,11H2,1H3. The minimum absolute atomic E-state index is 0.139. The molecule has 0 bridgehead atoms. The molecular weight excluding hydrogens is 173 g/mol. The number of phenols is 1. The lowest BCUT2D eigenvalue weighted by atomic mass is 10.0. The molecule has 0 saturated heterocycles.